The van der Waals surface area contributed by atoms with Gasteiger partial charge >= 0.3 is 0 Å². The number of nitro benzene ring substituents is 1. The maximum absolute atomic E-state index is 11.0. The van der Waals surface area contributed by atoms with Crippen LogP contribution in [0.4, 0.5) is 11.4 Å². The second kappa shape index (κ2) is 4.90. The molecule has 2 heterocycles. The molecule has 0 N–H and O–H groups in total. The number of anilines is 1. The average Bonchev–Trinajstić information content (AvgIpc) is 2.76. The van der Waals surface area contributed by atoms with Crippen LogP contribution < -0.4 is 4.90 Å². The van der Waals surface area contributed by atoms with Gasteiger partial charge in [0.05, 0.1) is 10.6 Å². The van der Waals surface area contributed by atoms with Crippen molar-refractivity contribution in [1.29, 1.82) is 0 Å². The van der Waals surface area contributed by atoms with Crippen LogP contribution in [0.15, 0.2) is 24.8 Å². The smallest absolute Gasteiger partial charge is 0.271 e. The molecule has 5 nitrogen and oxygen atoms in total. The van der Waals surface area contributed by atoms with Crippen LogP contribution in [0.5, 0.6) is 0 Å². The van der Waals surface area contributed by atoms with E-state index in [1.807, 2.05) is 6.07 Å². The van der Waals surface area contributed by atoms with Gasteiger partial charge in [0.25, 0.3) is 5.69 Å². The summed E-state index contributed by atoms with van der Waals surface area (Å²) < 4.78 is 0. The molecule has 1 aromatic rings. The molecule has 0 aromatic heterocycles. The Bertz CT molecular complexity index is 562. The zero-order chi connectivity index (χ0) is 14.3. The highest BCUT2D eigenvalue weighted by atomic mass is 16.6. The van der Waals surface area contributed by atoms with Gasteiger partial charge in [-0.05, 0) is 44.6 Å². The standard InChI is InChI=1S/C15H19N3O2/c1-11-10-17(12-5-7-16(2)8-6-12)15-9-13(18(19)20)3-4-14(11)15/h3-4,9,12H,1,5-8,10H2,2H3. The lowest BCUT2D eigenvalue weighted by Crippen LogP contribution is -2.43. The third-order valence-electron chi connectivity index (χ3n) is 4.37. The highest BCUT2D eigenvalue weighted by molar-refractivity contribution is 5.85. The van der Waals surface area contributed by atoms with Crippen molar-refractivity contribution < 1.29 is 4.92 Å². The summed E-state index contributed by atoms with van der Waals surface area (Å²) in [7, 11) is 2.14. The maximum Gasteiger partial charge on any atom is 0.271 e. The minimum absolute atomic E-state index is 0.163. The summed E-state index contributed by atoms with van der Waals surface area (Å²) in [6.07, 6.45) is 2.21. The summed E-state index contributed by atoms with van der Waals surface area (Å²) in [6, 6.07) is 5.57. The van der Waals surface area contributed by atoms with Crippen molar-refractivity contribution in [2.24, 2.45) is 0 Å². The van der Waals surface area contributed by atoms with Crippen LogP contribution in [0, 0.1) is 10.1 Å². The fourth-order valence-corrected chi connectivity index (χ4v) is 3.18. The first-order valence-electron chi connectivity index (χ1n) is 6.98. The first kappa shape index (κ1) is 13.1. The van der Waals surface area contributed by atoms with E-state index in [0.717, 1.165) is 49.3 Å². The summed E-state index contributed by atoms with van der Waals surface area (Å²) in [4.78, 5) is 15.3. The molecule has 0 radical (unpaired) electrons. The van der Waals surface area contributed by atoms with Crippen LogP contribution in [-0.4, -0.2) is 42.5 Å². The number of hydrogen-bond acceptors (Lipinski definition) is 4. The van der Waals surface area contributed by atoms with Gasteiger partial charge in [-0.1, -0.05) is 6.58 Å². The Kier molecular flexibility index (Phi) is 3.22. The first-order chi connectivity index (χ1) is 9.56. The van der Waals surface area contributed by atoms with E-state index in [0.29, 0.717) is 6.04 Å². The predicted molar refractivity (Wildman–Crippen MR) is 80.0 cm³/mol. The van der Waals surface area contributed by atoms with E-state index in [2.05, 4.69) is 23.4 Å². The fourth-order valence-electron chi connectivity index (χ4n) is 3.18. The second-order valence-electron chi connectivity index (χ2n) is 5.72. The normalized spacial score (nSPS) is 20.2. The Balaban J connectivity index is 1.91. The minimum Gasteiger partial charge on any atom is -0.363 e. The Morgan fingerprint density at radius 2 is 2.05 bits per heavy atom. The molecule has 106 valence electrons. The van der Waals surface area contributed by atoms with Gasteiger partial charge in [0.2, 0.25) is 0 Å². The molecular formula is C15H19N3O2. The molecular weight excluding hydrogens is 254 g/mol. The van der Waals surface area contributed by atoms with Crippen molar-refractivity contribution in [3.63, 3.8) is 0 Å². The lowest BCUT2D eigenvalue weighted by molar-refractivity contribution is -0.384. The van der Waals surface area contributed by atoms with Gasteiger partial charge in [0, 0.05) is 30.3 Å². The van der Waals surface area contributed by atoms with Crippen molar-refractivity contribution in [3.8, 4) is 0 Å². The third kappa shape index (κ3) is 2.18. The van der Waals surface area contributed by atoms with E-state index < -0.39 is 0 Å². The van der Waals surface area contributed by atoms with Crippen molar-refractivity contribution in [2.75, 3.05) is 31.6 Å². The second-order valence-corrected chi connectivity index (χ2v) is 5.72. The molecule has 20 heavy (non-hydrogen) atoms. The number of nitrogens with zero attached hydrogens (tertiary/aromatic N) is 3. The maximum atomic E-state index is 11.0. The number of hydrogen-bond donors (Lipinski definition) is 0. The Morgan fingerprint density at radius 3 is 2.70 bits per heavy atom. The van der Waals surface area contributed by atoms with Crippen molar-refractivity contribution in [1.82, 2.24) is 4.90 Å². The number of nitro groups is 1. The highest BCUT2D eigenvalue weighted by Crippen LogP contribution is 2.39. The Labute approximate surface area is 118 Å². The lowest BCUT2D eigenvalue weighted by atomic mass is 10.0. The number of non-ortho nitro benzene ring substituents is 1. The molecule has 0 spiro atoms. The molecule has 2 aliphatic rings. The van der Waals surface area contributed by atoms with E-state index in [-0.39, 0.29) is 10.6 Å². The van der Waals surface area contributed by atoms with E-state index in [4.69, 9.17) is 0 Å². The van der Waals surface area contributed by atoms with E-state index in [1.54, 1.807) is 12.1 Å². The fraction of sp³-hybridized carbons (Fsp3) is 0.467. The zero-order valence-corrected chi connectivity index (χ0v) is 11.7. The van der Waals surface area contributed by atoms with Gasteiger partial charge in [-0.2, -0.15) is 0 Å². The molecule has 0 aliphatic carbocycles. The van der Waals surface area contributed by atoms with Gasteiger partial charge in [-0.25, -0.2) is 0 Å². The molecule has 0 bridgehead atoms. The summed E-state index contributed by atoms with van der Waals surface area (Å²) in [5.41, 5.74) is 3.28. The summed E-state index contributed by atoms with van der Waals surface area (Å²) >= 11 is 0. The average molecular weight is 273 g/mol. The highest BCUT2D eigenvalue weighted by Gasteiger charge is 2.31. The van der Waals surface area contributed by atoms with Gasteiger partial charge in [-0.3, -0.25) is 10.1 Å². The molecule has 1 aromatic carbocycles. The van der Waals surface area contributed by atoms with Gasteiger partial charge in [-0.15, -0.1) is 0 Å². The summed E-state index contributed by atoms with van der Waals surface area (Å²) in [5.74, 6) is 0. The van der Waals surface area contributed by atoms with Crippen LogP contribution in [0.2, 0.25) is 0 Å². The van der Waals surface area contributed by atoms with Crippen molar-refractivity contribution in [2.45, 2.75) is 18.9 Å². The molecule has 2 aliphatic heterocycles. The third-order valence-corrected chi connectivity index (χ3v) is 4.37. The molecule has 1 saturated heterocycles. The first-order valence-corrected chi connectivity index (χ1v) is 6.98. The van der Waals surface area contributed by atoms with E-state index in [1.165, 1.54) is 0 Å². The SMILES string of the molecule is C=C1CN(C2CCN(C)CC2)c2cc([N+](=O)[O-])ccc21. The number of fused-ring (bicyclic) bond motifs is 1. The number of benzene rings is 1. The monoisotopic (exact) mass is 273 g/mol. The van der Waals surface area contributed by atoms with Gasteiger partial charge < -0.3 is 9.80 Å². The van der Waals surface area contributed by atoms with Crippen molar-refractivity contribution >= 4 is 16.9 Å². The Hall–Kier alpha value is -1.88. The quantitative estimate of drug-likeness (QED) is 0.613. The molecule has 1 fully saturated rings. The lowest BCUT2D eigenvalue weighted by Gasteiger charge is -2.36. The zero-order valence-electron chi connectivity index (χ0n) is 11.7. The number of likely N-dealkylation sites (tertiary alicyclic amines) is 1. The summed E-state index contributed by atoms with van der Waals surface area (Å²) in [5, 5.41) is 11.0. The van der Waals surface area contributed by atoms with E-state index >= 15 is 0 Å². The predicted octanol–water partition coefficient (Wildman–Crippen LogP) is 2.52. The molecule has 5 heteroatoms. The van der Waals surface area contributed by atoms with Gasteiger partial charge in [0.1, 0.15) is 0 Å². The summed E-state index contributed by atoms with van der Waals surface area (Å²) in [6.45, 7) is 7.07. The molecule has 3 rings (SSSR count). The van der Waals surface area contributed by atoms with Crippen LogP contribution in [0.3, 0.4) is 0 Å². The topological polar surface area (TPSA) is 49.6 Å². The molecule has 0 saturated carbocycles. The van der Waals surface area contributed by atoms with Crippen molar-refractivity contribution in [3.05, 3.63) is 40.5 Å². The molecule has 0 unspecified atom stereocenters. The van der Waals surface area contributed by atoms with Crippen LogP contribution in [0.1, 0.15) is 18.4 Å². The van der Waals surface area contributed by atoms with Gasteiger partial charge in [0.15, 0.2) is 0 Å². The van der Waals surface area contributed by atoms with Crippen LogP contribution in [-0.2, 0) is 0 Å². The largest absolute Gasteiger partial charge is 0.363 e. The van der Waals surface area contributed by atoms with E-state index in [9.17, 15) is 10.1 Å². The molecule has 0 atom stereocenters. The van der Waals surface area contributed by atoms with Crippen LogP contribution in [0.25, 0.3) is 5.57 Å². The minimum atomic E-state index is -0.325. The number of rotatable bonds is 2. The Morgan fingerprint density at radius 1 is 1.35 bits per heavy atom. The van der Waals surface area contributed by atoms with Crippen LogP contribution >= 0.6 is 0 Å². The molecule has 0 amide bonds. The number of piperidine rings is 1.